The third-order valence-corrected chi connectivity index (χ3v) is 3.55. The molecule has 0 aromatic heterocycles. The van der Waals surface area contributed by atoms with Gasteiger partial charge in [0.05, 0.1) is 18.8 Å². The van der Waals surface area contributed by atoms with E-state index in [2.05, 4.69) is 0 Å². The maximum Gasteiger partial charge on any atom is 0.303 e. The third-order valence-electron chi connectivity index (χ3n) is 3.55. The van der Waals surface area contributed by atoms with Crippen molar-refractivity contribution in [1.29, 1.82) is 0 Å². The predicted molar refractivity (Wildman–Crippen MR) is 66.6 cm³/mol. The van der Waals surface area contributed by atoms with Gasteiger partial charge < -0.3 is 25.5 Å². The summed E-state index contributed by atoms with van der Waals surface area (Å²) in [6, 6.07) is -0.585. The molecular weight excluding hydrogens is 254 g/mol. The molecule has 1 heterocycles. The van der Waals surface area contributed by atoms with Crippen LogP contribution in [0.25, 0.3) is 0 Å². The van der Waals surface area contributed by atoms with Gasteiger partial charge in [-0.15, -0.1) is 0 Å². The smallest absolute Gasteiger partial charge is 0.303 e. The second kappa shape index (κ2) is 7.76. The molecule has 0 aromatic rings. The first-order valence-corrected chi connectivity index (χ1v) is 6.58. The number of nitrogens with zero attached hydrogens (tertiary/aromatic N) is 1. The normalized spacial score (nSPS) is 32.4. The second-order valence-electron chi connectivity index (χ2n) is 5.00. The van der Waals surface area contributed by atoms with Crippen molar-refractivity contribution in [3.63, 3.8) is 0 Å². The number of piperidine rings is 1. The molecule has 1 saturated heterocycles. The van der Waals surface area contributed by atoms with Crippen LogP contribution in [-0.4, -0.2) is 80.5 Å². The summed E-state index contributed by atoms with van der Waals surface area (Å²) in [4.78, 5) is 12.1. The Morgan fingerprint density at radius 1 is 1.11 bits per heavy atom. The molecule has 0 amide bonds. The van der Waals surface area contributed by atoms with Gasteiger partial charge >= 0.3 is 5.97 Å². The maximum absolute atomic E-state index is 10.3. The molecule has 5 N–H and O–H groups in total. The second-order valence-corrected chi connectivity index (χ2v) is 5.00. The molecule has 112 valence electrons. The van der Waals surface area contributed by atoms with E-state index in [1.54, 1.807) is 4.90 Å². The van der Waals surface area contributed by atoms with Gasteiger partial charge in [-0.3, -0.25) is 9.69 Å². The number of unbranched alkanes of at least 4 members (excludes halogenated alkanes) is 2. The summed E-state index contributed by atoms with van der Waals surface area (Å²) in [5, 5.41) is 46.6. The zero-order chi connectivity index (χ0) is 14.4. The molecule has 0 aromatic carbocycles. The van der Waals surface area contributed by atoms with Gasteiger partial charge in [-0.25, -0.2) is 0 Å². The maximum atomic E-state index is 10.3. The largest absolute Gasteiger partial charge is 0.481 e. The summed E-state index contributed by atoms with van der Waals surface area (Å²) in [6.45, 7) is 0.453. The minimum absolute atomic E-state index is 0.132. The minimum Gasteiger partial charge on any atom is -0.481 e. The van der Waals surface area contributed by atoms with Crippen LogP contribution in [0.5, 0.6) is 0 Å². The lowest BCUT2D eigenvalue weighted by atomic mass is 9.94. The molecule has 0 spiro atoms. The topological polar surface area (TPSA) is 121 Å². The van der Waals surface area contributed by atoms with Crippen LogP contribution >= 0.6 is 0 Å². The summed E-state index contributed by atoms with van der Waals surface area (Å²) in [5.74, 6) is -0.819. The SMILES string of the molecule is O=C(O)CCCCCN1C[C@H](O)[C@@H](O)[C@H](O)C1CO. The van der Waals surface area contributed by atoms with E-state index < -0.39 is 30.3 Å². The van der Waals surface area contributed by atoms with Gasteiger partial charge in [-0.05, 0) is 19.4 Å². The van der Waals surface area contributed by atoms with Crippen molar-refractivity contribution in [1.82, 2.24) is 4.90 Å². The Morgan fingerprint density at radius 2 is 1.79 bits per heavy atom. The average molecular weight is 277 g/mol. The van der Waals surface area contributed by atoms with Gasteiger partial charge in [-0.2, -0.15) is 0 Å². The first-order chi connectivity index (χ1) is 8.97. The van der Waals surface area contributed by atoms with Crippen LogP contribution in [-0.2, 0) is 4.79 Å². The van der Waals surface area contributed by atoms with E-state index in [1.165, 1.54) is 0 Å². The van der Waals surface area contributed by atoms with Crippen LogP contribution in [0.3, 0.4) is 0 Å². The van der Waals surface area contributed by atoms with E-state index in [1.807, 2.05) is 0 Å². The number of rotatable bonds is 7. The van der Waals surface area contributed by atoms with Crippen molar-refractivity contribution in [3.8, 4) is 0 Å². The summed E-state index contributed by atoms with van der Waals surface area (Å²) in [6.07, 6.45) is -1.27. The van der Waals surface area contributed by atoms with Crippen molar-refractivity contribution in [2.75, 3.05) is 19.7 Å². The molecule has 1 aliphatic heterocycles. The van der Waals surface area contributed by atoms with Crippen molar-refractivity contribution in [2.24, 2.45) is 0 Å². The van der Waals surface area contributed by atoms with E-state index in [4.69, 9.17) is 5.11 Å². The number of carboxylic acid groups (broad SMARTS) is 1. The van der Waals surface area contributed by atoms with Gasteiger partial charge in [0.2, 0.25) is 0 Å². The average Bonchev–Trinajstić information content (AvgIpc) is 2.35. The van der Waals surface area contributed by atoms with Crippen LogP contribution in [0.15, 0.2) is 0 Å². The number of β-amino-alcohol motifs (C(OH)–C–C–N with tert-alkyl or cyclic N) is 1. The molecule has 0 saturated carbocycles. The fourth-order valence-electron chi connectivity index (χ4n) is 2.40. The first kappa shape index (κ1) is 16.3. The minimum atomic E-state index is -1.24. The highest BCUT2D eigenvalue weighted by atomic mass is 16.4. The molecule has 1 rings (SSSR count). The van der Waals surface area contributed by atoms with Crippen LogP contribution in [0.4, 0.5) is 0 Å². The van der Waals surface area contributed by atoms with E-state index in [0.717, 1.165) is 12.8 Å². The summed E-state index contributed by atoms with van der Waals surface area (Å²) in [5.41, 5.74) is 0. The van der Waals surface area contributed by atoms with Crippen LogP contribution in [0.1, 0.15) is 25.7 Å². The Morgan fingerprint density at radius 3 is 2.37 bits per heavy atom. The van der Waals surface area contributed by atoms with E-state index in [9.17, 15) is 25.2 Å². The summed E-state index contributed by atoms with van der Waals surface area (Å²) >= 11 is 0. The third kappa shape index (κ3) is 4.70. The summed E-state index contributed by atoms with van der Waals surface area (Å²) < 4.78 is 0. The van der Waals surface area contributed by atoms with E-state index in [0.29, 0.717) is 13.0 Å². The lowest BCUT2D eigenvalue weighted by Gasteiger charge is -2.43. The van der Waals surface area contributed by atoms with Crippen molar-refractivity contribution in [3.05, 3.63) is 0 Å². The molecule has 0 radical (unpaired) electrons. The highest BCUT2D eigenvalue weighted by Crippen LogP contribution is 2.19. The molecule has 1 aliphatic rings. The van der Waals surface area contributed by atoms with Crippen molar-refractivity contribution >= 4 is 5.97 Å². The Labute approximate surface area is 112 Å². The Balaban J connectivity index is 2.36. The van der Waals surface area contributed by atoms with E-state index in [-0.39, 0.29) is 19.6 Å². The van der Waals surface area contributed by atoms with Crippen LogP contribution in [0, 0.1) is 0 Å². The van der Waals surface area contributed by atoms with Gasteiger partial charge in [0.15, 0.2) is 0 Å². The van der Waals surface area contributed by atoms with Gasteiger partial charge in [0.1, 0.15) is 12.2 Å². The highest BCUT2D eigenvalue weighted by Gasteiger charge is 2.40. The molecule has 7 heteroatoms. The highest BCUT2D eigenvalue weighted by molar-refractivity contribution is 5.66. The molecule has 19 heavy (non-hydrogen) atoms. The van der Waals surface area contributed by atoms with Crippen LogP contribution < -0.4 is 0 Å². The monoisotopic (exact) mass is 277 g/mol. The fourth-order valence-corrected chi connectivity index (χ4v) is 2.40. The molecular formula is C12H23NO6. The Bertz CT molecular complexity index is 287. The molecule has 1 unspecified atom stereocenters. The Kier molecular flexibility index (Phi) is 6.67. The number of aliphatic carboxylic acids is 1. The molecule has 0 aliphatic carbocycles. The van der Waals surface area contributed by atoms with Crippen LogP contribution in [0.2, 0.25) is 0 Å². The lowest BCUT2D eigenvalue weighted by molar-refractivity contribution is -0.145. The fraction of sp³-hybridized carbons (Fsp3) is 0.917. The first-order valence-electron chi connectivity index (χ1n) is 6.58. The number of aliphatic hydroxyl groups is 4. The summed E-state index contributed by atoms with van der Waals surface area (Å²) in [7, 11) is 0. The lowest BCUT2D eigenvalue weighted by Crippen LogP contribution is -2.62. The number of hydrogen-bond acceptors (Lipinski definition) is 6. The molecule has 1 fully saturated rings. The van der Waals surface area contributed by atoms with Gasteiger partial charge in [-0.1, -0.05) is 6.42 Å². The van der Waals surface area contributed by atoms with E-state index >= 15 is 0 Å². The number of aliphatic hydroxyl groups excluding tert-OH is 4. The standard InChI is InChI=1S/C12H23NO6/c14-7-8-11(18)12(19)9(15)6-13(8)5-3-1-2-4-10(16)17/h8-9,11-12,14-15,18-19H,1-7H2,(H,16,17)/t8?,9-,11+,12+/m0/s1. The number of hydrogen-bond donors (Lipinski definition) is 5. The zero-order valence-electron chi connectivity index (χ0n) is 10.9. The zero-order valence-corrected chi connectivity index (χ0v) is 10.9. The molecule has 7 nitrogen and oxygen atoms in total. The predicted octanol–water partition coefficient (Wildman–Crippen LogP) is -1.61. The molecule has 0 bridgehead atoms. The van der Waals surface area contributed by atoms with Crippen molar-refractivity contribution in [2.45, 2.75) is 50.0 Å². The van der Waals surface area contributed by atoms with Gasteiger partial charge in [0.25, 0.3) is 0 Å². The molecule has 4 atom stereocenters. The number of likely N-dealkylation sites (tertiary alicyclic amines) is 1. The number of carbonyl (C=O) groups is 1. The number of carboxylic acids is 1. The van der Waals surface area contributed by atoms with Crippen molar-refractivity contribution < 1.29 is 30.3 Å². The van der Waals surface area contributed by atoms with Gasteiger partial charge in [0, 0.05) is 13.0 Å². The Hall–Kier alpha value is -0.730. The quantitative estimate of drug-likeness (QED) is 0.355.